The summed E-state index contributed by atoms with van der Waals surface area (Å²) in [6, 6.07) is 7.94. The minimum Gasteiger partial charge on any atom is -0.345 e. The summed E-state index contributed by atoms with van der Waals surface area (Å²) in [4.78, 5) is 7.07. The first-order chi connectivity index (χ1) is 7.86. The van der Waals surface area contributed by atoms with Crippen molar-refractivity contribution >= 4 is 11.0 Å². The Hall–Kier alpha value is -1.35. The molecule has 1 aliphatic heterocycles. The van der Waals surface area contributed by atoms with Gasteiger partial charge in [0.1, 0.15) is 0 Å². The van der Waals surface area contributed by atoms with Crippen molar-refractivity contribution in [2.45, 2.75) is 19.8 Å². The van der Waals surface area contributed by atoms with E-state index in [0.717, 1.165) is 17.0 Å². The van der Waals surface area contributed by atoms with Crippen molar-refractivity contribution in [3.05, 3.63) is 30.6 Å². The molecule has 2 aromatic rings. The summed E-state index contributed by atoms with van der Waals surface area (Å²) >= 11 is 0. The number of H-pyrrole nitrogens is 1. The first-order valence-corrected chi connectivity index (χ1v) is 5.95. The summed E-state index contributed by atoms with van der Waals surface area (Å²) in [5.41, 5.74) is 2.12. The molecule has 3 nitrogen and oxygen atoms in total. The maximum Gasteiger partial charge on any atom is 0.0931 e. The molecule has 0 bridgehead atoms. The number of fused-ring (bicyclic) bond motifs is 1. The number of para-hydroxylation sites is 2. The minimum atomic E-state index is 0.973. The molecule has 86 valence electrons. The van der Waals surface area contributed by atoms with Crippen LogP contribution in [-0.4, -0.2) is 23.1 Å². The zero-order chi connectivity index (χ0) is 11.2. The number of imidazole rings is 1. The van der Waals surface area contributed by atoms with Gasteiger partial charge in [-0.2, -0.15) is 0 Å². The van der Waals surface area contributed by atoms with E-state index in [1.807, 2.05) is 24.3 Å². The van der Waals surface area contributed by atoms with E-state index in [9.17, 15) is 0 Å². The van der Waals surface area contributed by atoms with Crippen LogP contribution in [0.3, 0.4) is 0 Å². The number of benzene rings is 1. The molecule has 2 N–H and O–H groups in total. The lowest BCUT2D eigenvalue weighted by Crippen LogP contribution is -2.26. The van der Waals surface area contributed by atoms with Crippen molar-refractivity contribution < 1.29 is 0 Å². The Balaban J connectivity index is 0.000000125. The second-order valence-corrected chi connectivity index (χ2v) is 4.35. The molecule has 0 amide bonds. The maximum atomic E-state index is 4.06. The Morgan fingerprint density at radius 2 is 1.94 bits per heavy atom. The standard InChI is InChI=1S/C7H6N2.C6H13N/c1-2-4-7-6(3-1)8-5-9-7;1-6-2-4-7-5-3-6/h1-5H,(H,8,9);6-7H,2-5H2,1H3. The number of nitrogens with zero attached hydrogens (tertiary/aromatic N) is 1. The molecule has 0 aliphatic carbocycles. The maximum absolute atomic E-state index is 4.06. The topological polar surface area (TPSA) is 40.7 Å². The van der Waals surface area contributed by atoms with Crippen LogP contribution in [0.4, 0.5) is 0 Å². The lowest BCUT2D eigenvalue weighted by molar-refractivity contribution is 0.402. The molecule has 0 spiro atoms. The average molecular weight is 217 g/mol. The SMILES string of the molecule is CC1CCNCC1.c1ccc2[nH]cnc2c1. The molecule has 2 heterocycles. The van der Waals surface area contributed by atoms with Gasteiger partial charge in [0, 0.05) is 0 Å². The third kappa shape index (κ3) is 3.07. The second-order valence-electron chi connectivity index (χ2n) is 4.35. The summed E-state index contributed by atoms with van der Waals surface area (Å²) in [6.07, 6.45) is 4.45. The highest BCUT2D eigenvalue weighted by Crippen LogP contribution is 2.08. The molecule has 3 heteroatoms. The Morgan fingerprint density at radius 3 is 2.56 bits per heavy atom. The summed E-state index contributed by atoms with van der Waals surface area (Å²) < 4.78 is 0. The number of rotatable bonds is 0. The number of piperidine rings is 1. The average Bonchev–Trinajstić information content (AvgIpc) is 2.79. The Labute approximate surface area is 96.3 Å². The number of aromatic amines is 1. The number of nitrogens with one attached hydrogen (secondary N) is 2. The van der Waals surface area contributed by atoms with Gasteiger partial charge < -0.3 is 10.3 Å². The number of hydrogen-bond acceptors (Lipinski definition) is 2. The first-order valence-electron chi connectivity index (χ1n) is 5.95. The summed E-state index contributed by atoms with van der Waals surface area (Å²) in [5, 5.41) is 3.32. The minimum absolute atomic E-state index is 0.973. The smallest absolute Gasteiger partial charge is 0.0931 e. The van der Waals surface area contributed by atoms with Crippen LogP contribution in [0.15, 0.2) is 30.6 Å². The van der Waals surface area contributed by atoms with Gasteiger partial charge in [-0.15, -0.1) is 0 Å². The van der Waals surface area contributed by atoms with Gasteiger partial charge in [0.15, 0.2) is 0 Å². The zero-order valence-electron chi connectivity index (χ0n) is 9.74. The molecule has 0 atom stereocenters. The number of hydrogen-bond donors (Lipinski definition) is 2. The van der Waals surface area contributed by atoms with Crippen molar-refractivity contribution in [2.75, 3.05) is 13.1 Å². The van der Waals surface area contributed by atoms with Crippen molar-refractivity contribution in [3.63, 3.8) is 0 Å². The van der Waals surface area contributed by atoms with Gasteiger partial charge in [-0.1, -0.05) is 19.1 Å². The predicted molar refractivity (Wildman–Crippen MR) is 67.4 cm³/mol. The third-order valence-electron chi connectivity index (χ3n) is 2.96. The van der Waals surface area contributed by atoms with E-state index in [4.69, 9.17) is 0 Å². The fourth-order valence-corrected chi connectivity index (χ4v) is 1.85. The van der Waals surface area contributed by atoms with E-state index < -0.39 is 0 Å². The molecular weight excluding hydrogens is 198 g/mol. The molecule has 3 rings (SSSR count). The molecule has 0 saturated carbocycles. The largest absolute Gasteiger partial charge is 0.345 e. The van der Waals surface area contributed by atoms with Gasteiger partial charge in [0.05, 0.1) is 17.4 Å². The van der Waals surface area contributed by atoms with Crippen molar-refractivity contribution in [2.24, 2.45) is 5.92 Å². The van der Waals surface area contributed by atoms with Crippen molar-refractivity contribution in [1.82, 2.24) is 15.3 Å². The van der Waals surface area contributed by atoms with Gasteiger partial charge in [-0.25, -0.2) is 4.98 Å². The van der Waals surface area contributed by atoms with Crippen LogP contribution in [-0.2, 0) is 0 Å². The van der Waals surface area contributed by atoms with E-state index in [1.54, 1.807) is 6.33 Å². The normalized spacial score (nSPS) is 16.8. The van der Waals surface area contributed by atoms with Crippen LogP contribution < -0.4 is 5.32 Å². The number of aromatic nitrogens is 2. The summed E-state index contributed by atoms with van der Waals surface area (Å²) in [7, 11) is 0. The van der Waals surface area contributed by atoms with Crippen molar-refractivity contribution in [1.29, 1.82) is 0 Å². The molecule has 1 aliphatic rings. The van der Waals surface area contributed by atoms with E-state index >= 15 is 0 Å². The monoisotopic (exact) mass is 217 g/mol. The molecule has 16 heavy (non-hydrogen) atoms. The first kappa shape index (κ1) is 11.1. The predicted octanol–water partition coefficient (Wildman–Crippen LogP) is 2.57. The Bertz CT molecular complexity index is 386. The van der Waals surface area contributed by atoms with E-state index in [1.165, 1.54) is 25.9 Å². The quantitative estimate of drug-likeness (QED) is 0.712. The molecule has 1 saturated heterocycles. The lowest BCUT2D eigenvalue weighted by atomic mass is 10.0. The lowest BCUT2D eigenvalue weighted by Gasteiger charge is -2.17. The summed E-state index contributed by atoms with van der Waals surface area (Å²) in [6.45, 7) is 4.79. The van der Waals surface area contributed by atoms with Gasteiger partial charge in [-0.3, -0.25) is 0 Å². The van der Waals surface area contributed by atoms with E-state index in [-0.39, 0.29) is 0 Å². The van der Waals surface area contributed by atoms with Crippen LogP contribution in [0, 0.1) is 5.92 Å². The van der Waals surface area contributed by atoms with Gasteiger partial charge >= 0.3 is 0 Å². The molecule has 0 radical (unpaired) electrons. The van der Waals surface area contributed by atoms with Gasteiger partial charge in [0.25, 0.3) is 0 Å². The Morgan fingerprint density at radius 1 is 1.19 bits per heavy atom. The molecule has 1 aromatic carbocycles. The van der Waals surface area contributed by atoms with Crippen LogP contribution in [0.1, 0.15) is 19.8 Å². The molecule has 1 fully saturated rings. The third-order valence-corrected chi connectivity index (χ3v) is 2.96. The highest BCUT2D eigenvalue weighted by atomic mass is 14.9. The second kappa shape index (κ2) is 5.66. The van der Waals surface area contributed by atoms with Crippen LogP contribution in [0.25, 0.3) is 11.0 Å². The van der Waals surface area contributed by atoms with Gasteiger partial charge in [-0.05, 0) is 44.0 Å². The van der Waals surface area contributed by atoms with E-state index in [2.05, 4.69) is 22.2 Å². The molecule has 1 aromatic heterocycles. The fourth-order valence-electron chi connectivity index (χ4n) is 1.85. The highest BCUT2D eigenvalue weighted by molar-refractivity contribution is 5.73. The Kier molecular flexibility index (Phi) is 3.94. The molecule has 0 unspecified atom stereocenters. The van der Waals surface area contributed by atoms with Crippen LogP contribution in [0.2, 0.25) is 0 Å². The highest BCUT2D eigenvalue weighted by Gasteiger charge is 2.05. The summed E-state index contributed by atoms with van der Waals surface area (Å²) in [5.74, 6) is 0.973. The zero-order valence-corrected chi connectivity index (χ0v) is 9.74. The van der Waals surface area contributed by atoms with Crippen LogP contribution in [0.5, 0.6) is 0 Å². The molecular formula is C13H19N3. The van der Waals surface area contributed by atoms with Crippen LogP contribution >= 0.6 is 0 Å². The fraction of sp³-hybridized carbons (Fsp3) is 0.462. The van der Waals surface area contributed by atoms with Crippen molar-refractivity contribution in [3.8, 4) is 0 Å². The van der Waals surface area contributed by atoms with E-state index in [0.29, 0.717) is 0 Å². The van der Waals surface area contributed by atoms with Gasteiger partial charge in [0.2, 0.25) is 0 Å².